The second-order valence-electron chi connectivity index (χ2n) is 5.18. The minimum absolute atomic E-state index is 0.234. The molecule has 20 heavy (non-hydrogen) atoms. The molecule has 1 aliphatic rings. The van der Waals surface area contributed by atoms with Gasteiger partial charge in [0.25, 0.3) is 0 Å². The summed E-state index contributed by atoms with van der Waals surface area (Å²) < 4.78 is 20.9. The van der Waals surface area contributed by atoms with E-state index in [2.05, 4.69) is 10.4 Å². The van der Waals surface area contributed by atoms with Crippen molar-refractivity contribution in [3.63, 3.8) is 0 Å². The van der Waals surface area contributed by atoms with Gasteiger partial charge in [-0.2, -0.15) is 5.10 Å². The number of hydrogen-bond donors (Lipinski definition) is 1. The van der Waals surface area contributed by atoms with Crippen molar-refractivity contribution < 1.29 is 9.13 Å². The van der Waals surface area contributed by atoms with E-state index in [1.54, 1.807) is 10.7 Å². The molecular weight excluding hydrogens is 257 g/mol. The SMILES string of the molecule is Cn1ccc(COc2ccc(F)cc2CNC2CC2)n1. The fourth-order valence-corrected chi connectivity index (χ4v) is 2.06. The Hall–Kier alpha value is -1.88. The molecule has 106 valence electrons. The Morgan fingerprint density at radius 2 is 2.25 bits per heavy atom. The first-order valence-electron chi connectivity index (χ1n) is 6.84. The Balaban J connectivity index is 1.66. The molecule has 1 N–H and O–H groups in total. The molecule has 0 spiro atoms. The van der Waals surface area contributed by atoms with Crippen LogP contribution in [0.1, 0.15) is 24.1 Å². The average molecular weight is 275 g/mol. The van der Waals surface area contributed by atoms with Crippen LogP contribution in [0.2, 0.25) is 0 Å². The summed E-state index contributed by atoms with van der Waals surface area (Å²) in [5.41, 5.74) is 1.71. The van der Waals surface area contributed by atoms with E-state index >= 15 is 0 Å². The van der Waals surface area contributed by atoms with Crippen LogP contribution in [0.25, 0.3) is 0 Å². The Morgan fingerprint density at radius 3 is 2.95 bits per heavy atom. The lowest BCUT2D eigenvalue weighted by atomic mass is 10.2. The molecule has 1 aromatic heterocycles. The first kappa shape index (κ1) is 13.1. The topological polar surface area (TPSA) is 39.1 Å². The Bertz CT molecular complexity index is 593. The van der Waals surface area contributed by atoms with Crippen LogP contribution in [0, 0.1) is 5.82 Å². The van der Waals surface area contributed by atoms with E-state index in [1.165, 1.54) is 25.0 Å². The standard InChI is InChI=1S/C15H18FN3O/c1-19-7-6-14(18-19)10-20-15-5-2-12(16)8-11(15)9-17-13-3-4-13/h2,5-8,13,17H,3-4,9-10H2,1H3. The third-order valence-electron chi connectivity index (χ3n) is 3.33. The van der Waals surface area contributed by atoms with Crippen molar-refractivity contribution in [2.45, 2.75) is 32.0 Å². The van der Waals surface area contributed by atoms with Gasteiger partial charge in [0.2, 0.25) is 0 Å². The summed E-state index contributed by atoms with van der Waals surface area (Å²) in [6, 6.07) is 7.13. The summed E-state index contributed by atoms with van der Waals surface area (Å²) in [5.74, 6) is 0.480. The number of aryl methyl sites for hydroxylation is 1. The summed E-state index contributed by atoms with van der Waals surface area (Å²) >= 11 is 0. The van der Waals surface area contributed by atoms with E-state index in [0.29, 0.717) is 24.9 Å². The van der Waals surface area contributed by atoms with Crippen LogP contribution in [0.15, 0.2) is 30.5 Å². The van der Waals surface area contributed by atoms with E-state index in [9.17, 15) is 4.39 Å². The van der Waals surface area contributed by atoms with Crippen LogP contribution in [0.4, 0.5) is 4.39 Å². The molecule has 0 radical (unpaired) electrons. The number of ether oxygens (including phenoxy) is 1. The molecule has 0 unspecified atom stereocenters. The molecule has 1 saturated carbocycles. The number of aromatic nitrogens is 2. The molecule has 1 aromatic carbocycles. The fraction of sp³-hybridized carbons (Fsp3) is 0.400. The van der Waals surface area contributed by atoms with E-state index < -0.39 is 0 Å². The van der Waals surface area contributed by atoms with Gasteiger partial charge < -0.3 is 10.1 Å². The van der Waals surface area contributed by atoms with Crippen molar-refractivity contribution in [3.05, 3.63) is 47.5 Å². The summed E-state index contributed by atoms with van der Waals surface area (Å²) in [6.07, 6.45) is 4.29. The number of nitrogens with zero attached hydrogens (tertiary/aromatic N) is 2. The van der Waals surface area contributed by atoms with Gasteiger partial charge in [0.1, 0.15) is 18.2 Å². The lowest BCUT2D eigenvalue weighted by molar-refractivity contribution is 0.295. The largest absolute Gasteiger partial charge is 0.487 e. The average Bonchev–Trinajstić information content (AvgIpc) is 3.17. The molecule has 1 aliphatic carbocycles. The maximum absolute atomic E-state index is 13.4. The van der Waals surface area contributed by atoms with E-state index in [0.717, 1.165) is 11.3 Å². The quantitative estimate of drug-likeness (QED) is 0.880. The third-order valence-corrected chi connectivity index (χ3v) is 3.33. The highest BCUT2D eigenvalue weighted by molar-refractivity contribution is 5.34. The second kappa shape index (κ2) is 5.63. The molecule has 1 heterocycles. The highest BCUT2D eigenvalue weighted by Gasteiger charge is 2.20. The summed E-state index contributed by atoms with van der Waals surface area (Å²) in [6.45, 7) is 1.03. The number of rotatable bonds is 6. The molecular formula is C15H18FN3O. The Kier molecular flexibility index (Phi) is 3.69. The van der Waals surface area contributed by atoms with Crippen molar-refractivity contribution in [3.8, 4) is 5.75 Å². The monoisotopic (exact) mass is 275 g/mol. The smallest absolute Gasteiger partial charge is 0.132 e. The Morgan fingerprint density at radius 1 is 1.40 bits per heavy atom. The minimum Gasteiger partial charge on any atom is -0.487 e. The fourth-order valence-electron chi connectivity index (χ4n) is 2.06. The zero-order valence-corrected chi connectivity index (χ0v) is 11.5. The van der Waals surface area contributed by atoms with Crippen LogP contribution in [-0.4, -0.2) is 15.8 Å². The number of benzene rings is 1. The molecule has 4 nitrogen and oxygen atoms in total. The summed E-state index contributed by atoms with van der Waals surface area (Å²) in [7, 11) is 1.87. The predicted octanol–water partition coefficient (Wildman–Crippen LogP) is 2.39. The van der Waals surface area contributed by atoms with E-state index in [-0.39, 0.29) is 5.82 Å². The molecule has 2 aromatic rings. The first-order chi connectivity index (χ1) is 9.70. The van der Waals surface area contributed by atoms with Gasteiger partial charge >= 0.3 is 0 Å². The molecule has 0 amide bonds. The van der Waals surface area contributed by atoms with Gasteiger partial charge in [0.05, 0.1) is 5.69 Å². The maximum atomic E-state index is 13.4. The van der Waals surface area contributed by atoms with Crippen molar-refractivity contribution in [1.29, 1.82) is 0 Å². The minimum atomic E-state index is -0.234. The summed E-state index contributed by atoms with van der Waals surface area (Å²) in [4.78, 5) is 0. The number of hydrogen-bond acceptors (Lipinski definition) is 3. The molecule has 1 fully saturated rings. The van der Waals surface area contributed by atoms with Crippen molar-refractivity contribution in [2.24, 2.45) is 7.05 Å². The van der Waals surface area contributed by atoms with Gasteiger partial charge in [-0.3, -0.25) is 4.68 Å². The van der Waals surface area contributed by atoms with E-state index in [4.69, 9.17) is 4.74 Å². The normalized spacial score (nSPS) is 14.5. The van der Waals surface area contributed by atoms with Crippen LogP contribution in [-0.2, 0) is 20.2 Å². The van der Waals surface area contributed by atoms with Gasteiger partial charge in [0, 0.05) is 31.4 Å². The van der Waals surface area contributed by atoms with Crippen LogP contribution in [0.5, 0.6) is 5.75 Å². The van der Waals surface area contributed by atoms with Gasteiger partial charge in [-0.15, -0.1) is 0 Å². The predicted molar refractivity (Wildman–Crippen MR) is 73.8 cm³/mol. The zero-order valence-electron chi connectivity index (χ0n) is 11.5. The molecule has 3 rings (SSSR count). The van der Waals surface area contributed by atoms with Crippen molar-refractivity contribution in [2.75, 3.05) is 0 Å². The second-order valence-corrected chi connectivity index (χ2v) is 5.18. The van der Waals surface area contributed by atoms with Crippen LogP contribution in [0.3, 0.4) is 0 Å². The lowest BCUT2D eigenvalue weighted by Crippen LogP contribution is -2.16. The summed E-state index contributed by atoms with van der Waals surface area (Å²) in [5, 5.41) is 7.64. The highest BCUT2D eigenvalue weighted by Crippen LogP contribution is 2.24. The molecule has 5 heteroatoms. The van der Waals surface area contributed by atoms with Gasteiger partial charge in [-0.1, -0.05) is 0 Å². The third kappa shape index (κ3) is 3.36. The number of halogens is 1. The number of nitrogens with one attached hydrogen (secondary N) is 1. The van der Waals surface area contributed by atoms with Gasteiger partial charge in [0.15, 0.2) is 0 Å². The van der Waals surface area contributed by atoms with Gasteiger partial charge in [-0.25, -0.2) is 4.39 Å². The maximum Gasteiger partial charge on any atom is 0.132 e. The molecule has 0 saturated heterocycles. The molecule has 0 aliphatic heterocycles. The van der Waals surface area contributed by atoms with E-state index in [1.807, 2.05) is 19.3 Å². The lowest BCUT2D eigenvalue weighted by Gasteiger charge is -2.11. The highest BCUT2D eigenvalue weighted by atomic mass is 19.1. The van der Waals surface area contributed by atoms with Crippen LogP contribution < -0.4 is 10.1 Å². The molecule has 0 bridgehead atoms. The Labute approximate surface area is 117 Å². The van der Waals surface area contributed by atoms with Crippen molar-refractivity contribution in [1.82, 2.24) is 15.1 Å². The molecule has 0 atom stereocenters. The first-order valence-corrected chi connectivity index (χ1v) is 6.84. The van der Waals surface area contributed by atoms with Crippen LogP contribution >= 0.6 is 0 Å². The van der Waals surface area contributed by atoms with Gasteiger partial charge in [-0.05, 0) is 37.1 Å². The zero-order chi connectivity index (χ0) is 13.9. The van der Waals surface area contributed by atoms with Crippen molar-refractivity contribution >= 4 is 0 Å².